The van der Waals surface area contributed by atoms with Crippen molar-refractivity contribution in [1.29, 1.82) is 0 Å². The van der Waals surface area contributed by atoms with Gasteiger partial charge in [0.2, 0.25) is 11.9 Å². The number of methoxy groups -OCH3 is 2. The van der Waals surface area contributed by atoms with Crippen molar-refractivity contribution in [3.05, 3.63) is 133 Å². The van der Waals surface area contributed by atoms with E-state index in [9.17, 15) is 19.9 Å². The lowest BCUT2D eigenvalue weighted by Crippen LogP contribution is -2.40. The first kappa shape index (κ1) is 29.8. The Hall–Kier alpha value is -4.71. The highest BCUT2D eigenvalue weighted by Gasteiger charge is 2.49. The van der Waals surface area contributed by atoms with Gasteiger partial charge in [0.1, 0.15) is 30.3 Å². The third-order valence-electron chi connectivity index (χ3n) is 7.61. The van der Waals surface area contributed by atoms with Gasteiger partial charge in [-0.25, -0.2) is 9.53 Å². The molecule has 224 valence electrons. The molecule has 0 unspecified atom stereocenters. The highest BCUT2D eigenvalue weighted by Crippen LogP contribution is 2.42. The van der Waals surface area contributed by atoms with Crippen LogP contribution in [0.25, 0.3) is 0 Å². The molecule has 11 heteroatoms. The molecule has 11 nitrogen and oxygen atoms in total. The number of aromatic amines is 1. The molecule has 43 heavy (non-hydrogen) atoms. The molecule has 0 radical (unpaired) electrons. The lowest BCUT2D eigenvalue weighted by atomic mass is 9.80. The Balaban J connectivity index is 1.60. The van der Waals surface area contributed by atoms with Crippen molar-refractivity contribution >= 4 is 5.71 Å². The number of nitrogens with zero attached hydrogens (tertiary/aromatic N) is 2. The van der Waals surface area contributed by atoms with Crippen molar-refractivity contribution in [2.75, 3.05) is 27.9 Å². The Morgan fingerprint density at radius 2 is 1.47 bits per heavy atom. The molecule has 0 aliphatic carbocycles. The van der Waals surface area contributed by atoms with Gasteiger partial charge < -0.3 is 29.3 Å². The van der Waals surface area contributed by atoms with Crippen LogP contribution >= 0.6 is 0 Å². The van der Waals surface area contributed by atoms with Crippen LogP contribution in [0.1, 0.15) is 28.5 Å². The summed E-state index contributed by atoms with van der Waals surface area (Å²) in [6.45, 7) is 1.35. The van der Waals surface area contributed by atoms with Gasteiger partial charge in [-0.3, -0.25) is 14.3 Å². The predicted molar refractivity (Wildman–Crippen MR) is 159 cm³/mol. The van der Waals surface area contributed by atoms with Gasteiger partial charge in [-0.2, -0.15) is 0 Å². The van der Waals surface area contributed by atoms with Gasteiger partial charge in [0, 0.05) is 11.8 Å². The first-order valence-corrected chi connectivity index (χ1v) is 13.6. The molecule has 1 aromatic heterocycles. The average molecular weight is 588 g/mol. The third-order valence-corrected chi connectivity index (χ3v) is 7.61. The van der Waals surface area contributed by atoms with Crippen LogP contribution in [0.5, 0.6) is 11.5 Å². The number of benzene rings is 3. The van der Waals surface area contributed by atoms with Gasteiger partial charge in [-0.1, -0.05) is 54.6 Å². The number of H-pyrrole nitrogens is 1. The van der Waals surface area contributed by atoms with E-state index in [0.717, 1.165) is 21.3 Å². The largest absolute Gasteiger partial charge is 0.624 e. The highest BCUT2D eigenvalue weighted by atomic mass is 16.6. The molecule has 0 amide bonds. The van der Waals surface area contributed by atoms with Crippen molar-refractivity contribution in [1.82, 2.24) is 9.55 Å². The predicted octanol–water partition coefficient (Wildman–Crippen LogP) is 2.71. The van der Waals surface area contributed by atoms with Crippen LogP contribution in [0.3, 0.4) is 0 Å². The van der Waals surface area contributed by atoms with Gasteiger partial charge in [0.25, 0.3) is 5.56 Å². The zero-order chi connectivity index (χ0) is 30.7. The fourth-order valence-corrected chi connectivity index (χ4v) is 5.37. The summed E-state index contributed by atoms with van der Waals surface area (Å²) in [5.74, 6) is 1.33. The number of aryl methyl sites for hydroxylation is 1. The maximum atomic E-state index is 12.7. The van der Waals surface area contributed by atoms with Crippen LogP contribution in [-0.2, 0) is 15.1 Å². The van der Waals surface area contributed by atoms with E-state index in [1.807, 2.05) is 78.9 Å². The molecular formula is C32H33N3O8. The minimum absolute atomic E-state index is 0.0960. The van der Waals surface area contributed by atoms with E-state index in [-0.39, 0.29) is 17.9 Å². The van der Waals surface area contributed by atoms with Crippen LogP contribution in [0.15, 0.2) is 94.6 Å². The number of nitrogens with one attached hydrogen (secondary N) is 1. The summed E-state index contributed by atoms with van der Waals surface area (Å²) in [4.78, 5) is 26.9. The second-order valence-electron chi connectivity index (χ2n) is 10.2. The first-order valence-electron chi connectivity index (χ1n) is 13.6. The number of ether oxygens (including phenoxy) is 4. The average Bonchev–Trinajstić information content (AvgIpc) is 3.36. The quantitative estimate of drug-likeness (QED) is 0.132. The number of hydroxylamine groups is 1. The lowest BCUT2D eigenvalue weighted by Gasteiger charge is -2.37. The summed E-state index contributed by atoms with van der Waals surface area (Å²) >= 11 is 0. The first-order chi connectivity index (χ1) is 20.7. The monoisotopic (exact) mass is 587 g/mol. The van der Waals surface area contributed by atoms with E-state index in [1.54, 1.807) is 14.2 Å². The SMILES string of the molecule is COc1ccc(C(OC[C@H]2O[C@@H](n3cc(C)c(=O)[nH]c3=O)/C(=[N+](/C)[O-])[C@@H]2O)(c2ccccc2)c2ccc(OC)cc2)cc1. The van der Waals surface area contributed by atoms with Gasteiger partial charge in [-0.15, -0.1) is 0 Å². The number of aliphatic hydroxyl groups is 1. The van der Waals surface area contributed by atoms with Crippen molar-refractivity contribution in [3.63, 3.8) is 0 Å². The zero-order valence-electron chi connectivity index (χ0n) is 24.2. The molecule has 3 atom stereocenters. The Morgan fingerprint density at radius 3 is 1.98 bits per heavy atom. The molecule has 5 rings (SSSR count). The van der Waals surface area contributed by atoms with Crippen LogP contribution in [0.4, 0.5) is 0 Å². The summed E-state index contributed by atoms with van der Waals surface area (Å²) in [6, 6.07) is 24.5. The fraction of sp³-hybridized carbons (Fsp3) is 0.281. The fourth-order valence-electron chi connectivity index (χ4n) is 5.37. The van der Waals surface area contributed by atoms with E-state index in [0.29, 0.717) is 16.2 Å². The van der Waals surface area contributed by atoms with Gasteiger partial charge in [-0.05, 0) is 47.9 Å². The van der Waals surface area contributed by atoms with E-state index in [1.165, 1.54) is 20.2 Å². The minimum atomic E-state index is -1.41. The maximum Gasteiger partial charge on any atom is 0.330 e. The highest BCUT2D eigenvalue weighted by molar-refractivity contribution is 5.89. The number of aliphatic hydroxyl groups excluding tert-OH is 1. The molecular weight excluding hydrogens is 554 g/mol. The number of hydrogen-bond donors (Lipinski definition) is 2. The Morgan fingerprint density at radius 1 is 0.930 bits per heavy atom. The number of rotatable bonds is 9. The van der Waals surface area contributed by atoms with Crippen LogP contribution in [0, 0.1) is 12.1 Å². The van der Waals surface area contributed by atoms with Crippen LogP contribution in [0.2, 0.25) is 0 Å². The molecule has 0 bridgehead atoms. The smallest absolute Gasteiger partial charge is 0.330 e. The molecule has 3 aromatic carbocycles. The maximum absolute atomic E-state index is 12.7. The molecule has 0 saturated carbocycles. The van der Waals surface area contributed by atoms with Crippen molar-refractivity contribution in [3.8, 4) is 11.5 Å². The van der Waals surface area contributed by atoms with E-state index in [2.05, 4.69) is 4.98 Å². The summed E-state index contributed by atoms with van der Waals surface area (Å²) in [5, 5.41) is 23.9. The standard InChI is InChI=1S/C32H33N3O8/c1-20-18-35(31(38)33-29(20)37)30-27(34(2)39)28(36)26(43-30)19-42-32(21-8-6-5-7-9-21,22-10-14-24(40-3)15-11-22)23-12-16-25(41-4)17-13-23/h5-18,26,28,30,36H,19H2,1-4H3,(H,33,37,38)/b34-27-/t26-,28-,30-/m1/s1. The summed E-state index contributed by atoms with van der Waals surface area (Å²) in [5.41, 5.74) is -0.0406. The number of aromatic nitrogens is 2. The zero-order valence-corrected chi connectivity index (χ0v) is 24.2. The third kappa shape index (κ3) is 5.57. The van der Waals surface area contributed by atoms with Crippen molar-refractivity contribution in [2.45, 2.75) is 31.0 Å². The van der Waals surface area contributed by atoms with Crippen LogP contribution < -0.4 is 20.7 Å². The lowest BCUT2D eigenvalue weighted by molar-refractivity contribution is -0.429. The topological polar surface area (TPSA) is 138 Å². The molecule has 1 fully saturated rings. The molecule has 1 aliphatic rings. The molecule has 2 N–H and O–H groups in total. The van der Waals surface area contributed by atoms with Gasteiger partial charge >= 0.3 is 5.69 Å². The van der Waals surface area contributed by atoms with Crippen LogP contribution in [-0.4, -0.2) is 65.2 Å². The van der Waals surface area contributed by atoms with Gasteiger partial charge in [0.05, 0.1) is 20.8 Å². The van der Waals surface area contributed by atoms with Gasteiger partial charge in [0.15, 0.2) is 6.10 Å². The van der Waals surface area contributed by atoms with Crippen molar-refractivity contribution < 1.29 is 28.8 Å². The Bertz CT molecular complexity index is 1660. The summed E-state index contributed by atoms with van der Waals surface area (Å²) in [7, 11) is 4.39. The second kappa shape index (κ2) is 12.3. The summed E-state index contributed by atoms with van der Waals surface area (Å²) in [6.07, 6.45) is -2.42. The molecule has 4 aromatic rings. The number of hydrogen-bond acceptors (Lipinski definition) is 8. The molecule has 1 aliphatic heterocycles. The molecule has 1 saturated heterocycles. The Labute approximate surface area is 247 Å². The normalized spacial score (nSPS) is 19.7. The second-order valence-corrected chi connectivity index (χ2v) is 10.2. The van der Waals surface area contributed by atoms with E-state index >= 15 is 0 Å². The van der Waals surface area contributed by atoms with E-state index < -0.39 is 35.3 Å². The van der Waals surface area contributed by atoms with Crippen molar-refractivity contribution in [2.24, 2.45) is 0 Å². The molecule has 0 spiro atoms. The summed E-state index contributed by atoms with van der Waals surface area (Å²) < 4.78 is 25.3. The minimum Gasteiger partial charge on any atom is -0.624 e. The Kier molecular flexibility index (Phi) is 8.49. The molecule has 2 heterocycles. The van der Waals surface area contributed by atoms with E-state index in [4.69, 9.17) is 18.9 Å².